The molecule has 0 unspecified atom stereocenters. The Morgan fingerprint density at radius 2 is 1.66 bits per heavy atom. The Morgan fingerprint density at radius 1 is 1.00 bits per heavy atom. The molecule has 10 nitrogen and oxygen atoms in total. The van der Waals surface area contributed by atoms with E-state index in [9.17, 15) is 29.3 Å². The van der Waals surface area contributed by atoms with E-state index in [0.717, 1.165) is 4.90 Å². The van der Waals surface area contributed by atoms with Crippen LogP contribution in [0.15, 0.2) is 54.6 Å². The summed E-state index contributed by atoms with van der Waals surface area (Å²) < 4.78 is 5.36. The van der Waals surface area contributed by atoms with Gasteiger partial charge in [0, 0.05) is 18.6 Å². The van der Waals surface area contributed by atoms with Crippen molar-refractivity contribution in [1.29, 1.82) is 0 Å². The molecule has 3 aliphatic heterocycles. The van der Waals surface area contributed by atoms with Gasteiger partial charge in [-0.3, -0.25) is 24.5 Å². The Hall–Kier alpha value is -4.08. The molecular weight excluding hydrogens is 418 g/mol. The number of benzene rings is 2. The van der Waals surface area contributed by atoms with Crippen molar-refractivity contribution in [3.63, 3.8) is 0 Å². The zero-order valence-electron chi connectivity index (χ0n) is 16.6. The lowest BCUT2D eigenvalue weighted by molar-refractivity contribution is -0.384. The molecule has 162 valence electrons. The van der Waals surface area contributed by atoms with E-state index in [0.29, 0.717) is 11.3 Å². The van der Waals surface area contributed by atoms with Crippen LogP contribution >= 0.6 is 0 Å². The van der Waals surface area contributed by atoms with Gasteiger partial charge in [0.2, 0.25) is 17.7 Å². The standard InChI is InChI=1S/C22H17N3O7/c26-16-10-15-17-18(21(28)23(20(17)27)13-4-2-1-3-5-13)19(24(15)16)22(29)32-11-12-6-8-14(9-7-12)25(30)31/h1-9,15,17-19H,10-11H2/t15-,17+,18+,19+/m0/s1. The highest BCUT2D eigenvalue weighted by Crippen LogP contribution is 2.49. The summed E-state index contributed by atoms with van der Waals surface area (Å²) in [6.07, 6.45) is 0.106. The molecule has 5 rings (SSSR count). The summed E-state index contributed by atoms with van der Waals surface area (Å²) >= 11 is 0. The molecule has 0 aromatic heterocycles. The second kappa shape index (κ2) is 7.26. The van der Waals surface area contributed by atoms with Crippen molar-refractivity contribution in [2.75, 3.05) is 4.90 Å². The maximum absolute atomic E-state index is 13.2. The maximum Gasteiger partial charge on any atom is 0.330 e. The molecule has 0 spiro atoms. The minimum atomic E-state index is -1.17. The fourth-order valence-electron chi connectivity index (χ4n) is 4.78. The highest BCUT2D eigenvalue weighted by molar-refractivity contribution is 6.24. The second-order valence-corrected chi connectivity index (χ2v) is 7.95. The van der Waals surface area contributed by atoms with E-state index in [1.165, 1.54) is 29.2 Å². The smallest absolute Gasteiger partial charge is 0.330 e. The molecule has 0 aliphatic carbocycles. The molecule has 0 saturated carbocycles. The van der Waals surface area contributed by atoms with Gasteiger partial charge in [-0.05, 0) is 29.8 Å². The lowest BCUT2D eigenvalue weighted by atomic mass is 9.87. The average Bonchev–Trinajstić information content (AvgIpc) is 3.21. The molecule has 3 aliphatic rings. The van der Waals surface area contributed by atoms with Gasteiger partial charge in [0.05, 0.1) is 28.5 Å². The summed E-state index contributed by atoms with van der Waals surface area (Å²) in [5, 5.41) is 10.8. The van der Waals surface area contributed by atoms with Crippen molar-refractivity contribution < 1.29 is 28.8 Å². The number of nitro benzene ring substituents is 1. The number of rotatable bonds is 5. The van der Waals surface area contributed by atoms with Crippen molar-refractivity contribution in [2.24, 2.45) is 11.8 Å². The first kappa shape index (κ1) is 19.9. The third-order valence-corrected chi connectivity index (χ3v) is 6.27. The molecule has 3 amide bonds. The number of non-ortho nitro benzene ring substituents is 1. The van der Waals surface area contributed by atoms with Crippen LogP contribution < -0.4 is 4.90 Å². The van der Waals surface area contributed by atoms with Crippen LogP contribution in [-0.2, 0) is 30.5 Å². The lowest BCUT2D eigenvalue weighted by Gasteiger charge is -2.39. The number of nitrogens with zero attached hydrogens (tertiary/aromatic N) is 3. The van der Waals surface area contributed by atoms with Crippen LogP contribution in [-0.4, -0.2) is 45.6 Å². The fourth-order valence-corrected chi connectivity index (χ4v) is 4.78. The zero-order valence-corrected chi connectivity index (χ0v) is 16.6. The van der Waals surface area contributed by atoms with Crippen LogP contribution in [0.3, 0.4) is 0 Å². The van der Waals surface area contributed by atoms with Crippen LogP contribution in [0.2, 0.25) is 0 Å². The van der Waals surface area contributed by atoms with Crippen molar-refractivity contribution in [2.45, 2.75) is 25.1 Å². The highest BCUT2D eigenvalue weighted by atomic mass is 16.6. The third kappa shape index (κ3) is 2.87. The molecule has 10 heteroatoms. The number of anilines is 1. The quantitative estimate of drug-likeness (QED) is 0.228. The first-order valence-electron chi connectivity index (χ1n) is 10.0. The first-order chi connectivity index (χ1) is 15.4. The topological polar surface area (TPSA) is 127 Å². The number of hydrogen-bond acceptors (Lipinski definition) is 7. The van der Waals surface area contributed by atoms with Gasteiger partial charge in [0.25, 0.3) is 5.69 Å². The fraction of sp³-hybridized carbons (Fsp3) is 0.273. The van der Waals surface area contributed by atoms with E-state index in [2.05, 4.69) is 0 Å². The van der Waals surface area contributed by atoms with Crippen molar-refractivity contribution >= 4 is 35.1 Å². The molecule has 3 fully saturated rings. The number of β-lactam (4-membered cyclic amide) rings is 1. The number of hydrogen-bond donors (Lipinski definition) is 0. The molecule has 4 atom stereocenters. The Kier molecular flexibility index (Phi) is 4.50. The summed E-state index contributed by atoms with van der Waals surface area (Å²) in [4.78, 5) is 64.1. The molecule has 3 saturated heterocycles. The molecule has 2 aromatic rings. The molecule has 32 heavy (non-hydrogen) atoms. The van der Waals surface area contributed by atoms with E-state index >= 15 is 0 Å². The molecule has 0 N–H and O–H groups in total. The Morgan fingerprint density at radius 3 is 2.28 bits per heavy atom. The van der Waals surface area contributed by atoms with Crippen LogP contribution in [0.4, 0.5) is 11.4 Å². The predicted molar refractivity (Wildman–Crippen MR) is 108 cm³/mol. The molecule has 0 radical (unpaired) electrons. The molecular formula is C22H17N3O7. The van der Waals surface area contributed by atoms with E-state index in [4.69, 9.17) is 4.74 Å². The normalized spacial score (nSPS) is 25.9. The van der Waals surface area contributed by atoms with Gasteiger partial charge in [-0.1, -0.05) is 18.2 Å². The van der Waals surface area contributed by atoms with Crippen molar-refractivity contribution in [1.82, 2.24) is 4.90 Å². The third-order valence-electron chi connectivity index (χ3n) is 6.27. The highest BCUT2D eigenvalue weighted by Gasteiger charge is 2.69. The number of imide groups is 1. The van der Waals surface area contributed by atoms with Gasteiger partial charge in [-0.2, -0.15) is 0 Å². The van der Waals surface area contributed by atoms with Gasteiger partial charge < -0.3 is 9.64 Å². The SMILES string of the molecule is O=C(OCc1ccc([N+](=O)[O-])cc1)[C@H]1[C@@H]2C(=O)N(c3ccccc3)C(=O)[C@@H]2[C@@H]2CC(=O)N21. The molecule has 2 aromatic carbocycles. The number of para-hydroxylation sites is 1. The first-order valence-corrected chi connectivity index (χ1v) is 10.0. The van der Waals surface area contributed by atoms with Crippen LogP contribution in [0.25, 0.3) is 0 Å². The number of fused-ring (bicyclic) bond motifs is 3. The number of amides is 3. The van der Waals surface area contributed by atoms with Gasteiger partial charge in [-0.15, -0.1) is 0 Å². The molecule has 0 bridgehead atoms. The van der Waals surface area contributed by atoms with Crippen molar-refractivity contribution in [3.8, 4) is 0 Å². The summed E-state index contributed by atoms with van der Waals surface area (Å²) in [5.74, 6) is -3.79. The van der Waals surface area contributed by atoms with Gasteiger partial charge in [0.15, 0.2) is 0 Å². The van der Waals surface area contributed by atoms with E-state index < -0.39 is 46.6 Å². The summed E-state index contributed by atoms with van der Waals surface area (Å²) in [5.41, 5.74) is 0.848. The second-order valence-electron chi connectivity index (χ2n) is 7.95. The van der Waals surface area contributed by atoms with Crippen LogP contribution in [0, 0.1) is 22.0 Å². The minimum absolute atomic E-state index is 0.0937. The number of ether oxygens (including phenoxy) is 1. The Balaban J connectivity index is 1.37. The monoisotopic (exact) mass is 435 g/mol. The van der Waals surface area contributed by atoms with E-state index in [1.54, 1.807) is 30.3 Å². The van der Waals surface area contributed by atoms with Crippen LogP contribution in [0.1, 0.15) is 12.0 Å². The van der Waals surface area contributed by atoms with Crippen molar-refractivity contribution in [3.05, 3.63) is 70.3 Å². The Labute approximate surface area is 181 Å². The van der Waals surface area contributed by atoms with Crippen LogP contribution in [0.5, 0.6) is 0 Å². The number of nitro groups is 1. The largest absolute Gasteiger partial charge is 0.459 e. The number of esters is 1. The summed E-state index contributed by atoms with van der Waals surface area (Å²) in [6, 6.07) is 12.3. The zero-order chi connectivity index (χ0) is 22.6. The van der Waals surface area contributed by atoms with Gasteiger partial charge in [0.1, 0.15) is 12.6 Å². The van der Waals surface area contributed by atoms with Gasteiger partial charge in [-0.25, -0.2) is 9.69 Å². The molecule has 3 heterocycles. The minimum Gasteiger partial charge on any atom is -0.459 e. The van der Waals surface area contributed by atoms with Gasteiger partial charge >= 0.3 is 5.97 Å². The van der Waals surface area contributed by atoms with E-state index in [1.807, 2.05) is 0 Å². The summed E-state index contributed by atoms with van der Waals surface area (Å²) in [7, 11) is 0. The summed E-state index contributed by atoms with van der Waals surface area (Å²) in [6.45, 7) is -0.179. The van der Waals surface area contributed by atoms with E-state index in [-0.39, 0.29) is 24.6 Å². The lowest BCUT2D eigenvalue weighted by Crippen LogP contribution is -2.58. The number of carbonyl (C=O) groups excluding carboxylic acids is 4. The predicted octanol–water partition coefficient (Wildman–Crippen LogP) is 1.43. The average molecular weight is 435 g/mol. The number of carbonyl (C=O) groups is 4. The maximum atomic E-state index is 13.2. The Bertz CT molecular complexity index is 1150.